The van der Waals surface area contributed by atoms with Gasteiger partial charge in [0.05, 0.1) is 6.54 Å². The van der Waals surface area contributed by atoms with Crippen LogP contribution in [0.1, 0.15) is 30.1 Å². The van der Waals surface area contributed by atoms with E-state index in [0.717, 1.165) is 54.3 Å². The van der Waals surface area contributed by atoms with Gasteiger partial charge in [-0.15, -0.1) is 0 Å². The predicted octanol–water partition coefficient (Wildman–Crippen LogP) is 2.32. The molecule has 3 aromatic rings. The number of benzene rings is 1. The second-order valence-corrected chi connectivity index (χ2v) is 8.71. The molecule has 3 N–H and O–H groups in total. The molecule has 1 aliphatic carbocycles. The highest BCUT2D eigenvalue weighted by molar-refractivity contribution is 5.57. The molecular weight excluding hydrogens is 378 g/mol. The molecule has 0 bridgehead atoms. The normalized spacial score (nSPS) is 24.2. The van der Waals surface area contributed by atoms with Crippen molar-refractivity contribution >= 4 is 0 Å². The van der Waals surface area contributed by atoms with Gasteiger partial charge in [0.25, 0.3) is 0 Å². The van der Waals surface area contributed by atoms with Crippen LogP contribution < -0.4 is 5.73 Å². The van der Waals surface area contributed by atoms with Gasteiger partial charge in [0.1, 0.15) is 17.6 Å². The average molecular weight is 408 g/mol. The van der Waals surface area contributed by atoms with Crippen molar-refractivity contribution in [3.63, 3.8) is 0 Å². The fraction of sp³-hybridized carbons (Fsp3) is 0.478. The summed E-state index contributed by atoms with van der Waals surface area (Å²) in [6, 6.07) is 10.6. The lowest BCUT2D eigenvalue weighted by Gasteiger charge is -2.18. The van der Waals surface area contributed by atoms with E-state index < -0.39 is 6.10 Å². The molecule has 1 aliphatic heterocycles. The monoisotopic (exact) mass is 407 g/mol. The maximum absolute atomic E-state index is 9.80. The standard InChI is InChI=1S/C23H29N5O2/c1-15(29)23-25-7-9-28(23)12-18-11-22(30-26-18)17-4-2-16(3-5-17)10-19-20-13-27(8-6-24)14-21(19)20/h2-5,7,9,11,15,19-21,29H,6,8,10,12-14,24H2,1H3/t15-,19-,20-,21+/m0/s1. The highest BCUT2D eigenvalue weighted by Crippen LogP contribution is 2.53. The second kappa shape index (κ2) is 7.98. The molecule has 0 radical (unpaired) electrons. The third kappa shape index (κ3) is 3.80. The number of hydrogen-bond donors (Lipinski definition) is 2. The van der Waals surface area contributed by atoms with Gasteiger partial charge in [-0.3, -0.25) is 0 Å². The summed E-state index contributed by atoms with van der Waals surface area (Å²) in [4.78, 5) is 6.70. The smallest absolute Gasteiger partial charge is 0.167 e. The molecule has 7 heteroatoms. The van der Waals surface area contributed by atoms with Crippen LogP contribution in [0.5, 0.6) is 0 Å². The number of rotatable bonds is 8. The van der Waals surface area contributed by atoms with Crippen molar-refractivity contribution in [2.45, 2.75) is 26.0 Å². The zero-order valence-electron chi connectivity index (χ0n) is 17.3. The van der Waals surface area contributed by atoms with Crippen LogP contribution in [0, 0.1) is 17.8 Å². The first-order valence-electron chi connectivity index (χ1n) is 10.8. The van der Waals surface area contributed by atoms with Gasteiger partial charge in [0.2, 0.25) is 0 Å². The Kier molecular flexibility index (Phi) is 5.18. The van der Waals surface area contributed by atoms with Gasteiger partial charge in [-0.25, -0.2) is 4.98 Å². The molecule has 0 unspecified atom stereocenters. The number of nitrogens with zero attached hydrogens (tertiary/aromatic N) is 4. The summed E-state index contributed by atoms with van der Waals surface area (Å²) in [5.41, 5.74) is 8.91. The van der Waals surface area contributed by atoms with Crippen LogP contribution in [0.4, 0.5) is 0 Å². The first-order chi connectivity index (χ1) is 14.6. The van der Waals surface area contributed by atoms with Gasteiger partial charge in [-0.1, -0.05) is 29.4 Å². The SMILES string of the molecule is C[C@H](O)c1nccn1Cc1cc(-c2ccc(C[C@@H]3[C@H]4CN(CCN)C[C@@H]34)cc2)on1. The van der Waals surface area contributed by atoms with Crippen LogP contribution in [0.3, 0.4) is 0 Å². The maximum Gasteiger partial charge on any atom is 0.167 e. The van der Waals surface area contributed by atoms with Crippen LogP contribution in [0.15, 0.2) is 47.2 Å². The average Bonchev–Trinajstić information content (AvgIpc) is 3.23. The van der Waals surface area contributed by atoms with Crippen molar-refractivity contribution in [2.24, 2.45) is 23.5 Å². The number of aliphatic hydroxyl groups is 1. The lowest BCUT2D eigenvalue weighted by molar-refractivity contribution is 0.184. The molecule has 3 heterocycles. The van der Waals surface area contributed by atoms with Gasteiger partial charge >= 0.3 is 0 Å². The van der Waals surface area contributed by atoms with Crippen molar-refractivity contribution in [1.82, 2.24) is 19.6 Å². The number of imidazole rings is 1. The van der Waals surface area contributed by atoms with E-state index in [4.69, 9.17) is 10.3 Å². The van der Waals surface area contributed by atoms with Crippen molar-refractivity contribution in [3.8, 4) is 11.3 Å². The number of piperidine rings is 1. The Labute approximate surface area is 176 Å². The molecule has 158 valence electrons. The fourth-order valence-corrected chi connectivity index (χ4v) is 5.00. The highest BCUT2D eigenvalue weighted by atomic mass is 16.5. The minimum absolute atomic E-state index is 0.521. The Morgan fingerprint density at radius 1 is 1.23 bits per heavy atom. The third-order valence-corrected chi connectivity index (χ3v) is 6.61. The number of hydrogen-bond acceptors (Lipinski definition) is 6. The minimum Gasteiger partial charge on any atom is -0.385 e. The lowest BCUT2D eigenvalue weighted by atomic mass is 10.0. The fourth-order valence-electron chi connectivity index (χ4n) is 5.00. The molecule has 7 nitrogen and oxygen atoms in total. The van der Waals surface area contributed by atoms with Crippen molar-refractivity contribution in [3.05, 3.63) is 59.8 Å². The van der Waals surface area contributed by atoms with Crippen LogP contribution in [-0.4, -0.2) is 50.9 Å². The van der Waals surface area contributed by atoms with E-state index in [0.29, 0.717) is 12.4 Å². The molecular formula is C23H29N5O2. The van der Waals surface area contributed by atoms with Crippen molar-refractivity contribution in [2.75, 3.05) is 26.2 Å². The molecule has 0 amide bonds. The first-order valence-corrected chi connectivity index (χ1v) is 10.8. The molecule has 1 aromatic carbocycles. The molecule has 30 heavy (non-hydrogen) atoms. The molecule has 4 atom stereocenters. The zero-order valence-corrected chi connectivity index (χ0v) is 17.3. The summed E-state index contributed by atoms with van der Waals surface area (Å²) in [7, 11) is 0. The Morgan fingerprint density at radius 2 is 2.00 bits per heavy atom. The molecule has 1 saturated carbocycles. The molecule has 0 spiro atoms. The number of aliphatic hydroxyl groups excluding tert-OH is 1. The Balaban J connectivity index is 1.19. The van der Waals surface area contributed by atoms with Gasteiger partial charge < -0.3 is 24.8 Å². The molecule has 2 aromatic heterocycles. The maximum atomic E-state index is 9.80. The van der Waals surface area contributed by atoms with E-state index in [1.165, 1.54) is 18.7 Å². The van der Waals surface area contributed by atoms with Crippen molar-refractivity contribution in [1.29, 1.82) is 0 Å². The van der Waals surface area contributed by atoms with E-state index in [-0.39, 0.29) is 0 Å². The van der Waals surface area contributed by atoms with Crippen molar-refractivity contribution < 1.29 is 9.63 Å². The van der Waals surface area contributed by atoms with E-state index in [9.17, 15) is 5.11 Å². The number of aromatic nitrogens is 3. The summed E-state index contributed by atoms with van der Waals surface area (Å²) >= 11 is 0. The van der Waals surface area contributed by atoms with E-state index in [1.54, 1.807) is 13.1 Å². The van der Waals surface area contributed by atoms with Crippen LogP contribution >= 0.6 is 0 Å². The summed E-state index contributed by atoms with van der Waals surface area (Å²) < 4.78 is 7.45. The largest absolute Gasteiger partial charge is 0.385 e. The minimum atomic E-state index is -0.617. The van der Waals surface area contributed by atoms with E-state index in [1.807, 2.05) is 16.8 Å². The van der Waals surface area contributed by atoms with Crippen LogP contribution in [-0.2, 0) is 13.0 Å². The quantitative estimate of drug-likeness (QED) is 0.595. The third-order valence-electron chi connectivity index (χ3n) is 6.61. The van der Waals surface area contributed by atoms with Gasteiger partial charge in [-0.2, -0.15) is 0 Å². The summed E-state index contributed by atoms with van der Waals surface area (Å²) in [6.07, 6.45) is 4.07. The predicted molar refractivity (Wildman–Crippen MR) is 114 cm³/mol. The lowest BCUT2D eigenvalue weighted by Crippen LogP contribution is -2.30. The van der Waals surface area contributed by atoms with Gasteiger partial charge in [0, 0.05) is 50.2 Å². The van der Waals surface area contributed by atoms with Crippen LogP contribution in [0.25, 0.3) is 11.3 Å². The number of likely N-dealkylation sites (tertiary alicyclic amines) is 1. The molecule has 2 fully saturated rings. The molecule has 2 aliphatic rings. The molecule has 5 rings (SSSR count). The molecule has 1 saturated heterocycles. The van der Waals surface area contributed by atoms with Gasteiger partial charge in [-0.05, 0) is 36.7 Å². The highest BCUT2D eigenvalue weighted by Gasteiger charge is 2.54. The summed E-state index contributed by atoms with van der Waals surface area (Å²) in [5, 5.41) is 14.0. The van der Waals surface area contributed by atoms with Gasteiger partial charge in [0.15, 0.2) is 5.76 Å². The number of fused-ring (bicyclic) bond motifs is 1. The Hall–Kier alpha value is -2.48. The Morgan fingerprint density at radius 3 is 2.70 bits per heavy atom. The van der Waals surface area contributed by atoms with Crippen LogP contribution in [0.2, 0.25) is 0 Å². The number of nitrogens with two attached hydrogens (primary N) is 1. The zero-order chi connectivity index (χ0) is 20.7. The van der Waals surface area contributed by atoms with E-state index in [2.05, 4.69) is 39.3 Å². The second-order valence-electron chi connectivity index (χ2n) is 8.71. The summed E-state index contributed by atoms with van der Waals surface area (Å²) in [6.45, 7) is 6.47. The Bertz CT molecular complexity index is 981. The van der Waals surface area contributed by atoms with E-state index >= 15 is 0 Å². The topological polar surface area (TPSA) is 93.3 Å². The summed E-state index contributed by atoms with van der Waals surface area (Å²) in [5.74, 6) is 3.95. The first kappa shape index (κ1) is 19.5.